The van der Waals surface area contributed by atoms with Crippen molar-refractivity contribution in [1.82, 2.24) is 15.3 Å². The van der Waals surface area contributed by atoms with Crippen LogP contribution in [0.3, 0.4) is 0 Å². The van der Waals surface area contributed by atoms with Crippen LogP contribution in [-0.2, 0) is 6.42 Å². The van der Waals surface area contributed by atoms with Gasteiger partial charge in [0.2, 0.25) is 5.95 Å². The Bertz CT molecular complexity index is 1280. The van der Waals surface area contributed by atoms with E-state index in [2.05, 4.69) is 33.8 Å². The number of anilines is 2. The first-order chi connectivity index (χ1) is 16.5. The molecule has 0 aliphatic heterocycles. The molecule has 3 aromatic rings. The third kappa shape index (κ3) is 4.61. The molecule has 0 radical (unpaired) electrons. The van der Waals surface area contributed by atoms with Crippen molar-refractivity contribution < 1.29 is 9.18 Å². The molecular weight excluding hydrogens is 453 g/mol. The van der Waals surface area contributed by atoms with Gasteiger partial charge in [-0.25, -0.2) is 14.4 Å². The van der Waals surface area contributed by atoms with Crippen molar-refractivity contribution in [1.29, 1.82) is 0 Å². The minimum atomic E-state index is -0.591. The molecule has 2 aliphatic rings. The van der Waals surface area contributed by atoms with Crippen LogP contribution in [-0.4, -0.2) is 28.0 Å². The molecule has 1 saturated carbocycles. The summed E-state index contributed by atoms with van der Waals surface area (Å²) in [5.74, 6) is -0.379. The van der Waals surface area contributed by atoms with Gasteiger partial charge < -0.3 is 16.4 Å². The highest BCUT2D eigenvalue weighted by molar-refractivity contribution is 6.32. The Hall–Kier alpha value is -3.45. The number of fused-ring (bicyclic) bond motifs is 1. The number of hydrogen-bond donors (Lipinski definition) is 3. The molecule has 34 heavy (non-hydrogen) atoms. The van der Waals surface area contributed by atoms with E-state index in [9.17, 15) is 9.18 Å². The smallest absolute Gasteiger partial charge is 0.251 e. The quantitative estimate of drug-likeness (QED) is 0.450. The molecule has 0 spiro atoms. The number of amides is 1. The van der Waals surface area contributed by atoms with E-state index in [4.69, 9.17) is 22.3 Å². The second-order valence-corrected chi connectivity index (χ2v) is 9.19. The summed E-state index contributed by atoms with van der Waals surface area (Å²) in [6.07, 6.45) is 8.10. The molecule has 1 aromatic heterocycles. The van der Waals surface area contributed by atoms with Gasteiger partial charge in [-0.2, -0.15) is 0 Å². The number of allylic oxidation sites excluding steroid dienone is 1. The molecule has 0 saturated heterocycles. The maximum absolute atomic E-state index is 13.7. The first kappa shape index (κ1) is 22.3. The molecular formula is C26H25ClFN5O. The molecule has 1 heterocycles. The van der Waals surface area contributed by atoms with Crippen LogP contribution in [0.1, 0.15) is 52.9 Å². The highest BCUT2D eigenvalue weighted by Crippen LogP contribution is 2.35. The monoisotopic (exact) mass is 477 g/mol. The Balaban J connectivity index is 1.26. The number of nitrogen functional groups attached to an aromatic ring is 1. The van der Waals surface area contributed by atoms with Gasteiger partial charge in [0.25, 0.3) is 5.91 Å². The van der Waals surface area contributed by atoms with Gasteiger partial charge in [0, 0.05) is 23.2 Å². The van der Waals surface area contributed by atoms with Gasteiger partial charge in [-0.3, -0.25) is 4.79 Å². The van der Waals surface area contributed by atoms with E-state index in [1.165, 1.54) is 23.8 Å². The highest BCUT2D eigenvalue weighted by atomic mass is 35.5. The molecule has 1 fully saturated rings. The van der Waals surface area contributed by atoms with Crippen LogP contribution >= 0.6 is 11.6 Å². The minimum Gasteiger partial charge on any atom is -0.396 e. The topological polar surface area (TPSA) is 92.9 Å². The van der Waals surface area contributed by atoms with Crippen molar-refractivity contribution >= 4 is 34.7 Å². The lowest BCUT2D eigenvalue weighted by molar-refractivity contribution is 0.0926. The van der Waals surface area contributed by atoms with E-state index in [-0.39, 0.29) is 29.2 Å². The molecule has 2 atom stereocenters. The van der Waals surface area contributed by atoms with Gasteiger partial charge in [-0.15, -0.1) is 0 Å². The fourth-order valence-electron chi connectivity index (χ4n) is 4.70. The van der Waals surface area contributed by atoms with Crippen molar-refractivity contribution in [2.45, 2.75) is 44.2 Å². The number of carbonyl (C=O) groups excluding carboxylic acids is 1. The average molecular weight is 478 g/mol. The molecule has 174 valence electrons. The molecule has 8 heteroatoms. The van der Waals surface area contributed by atoms with E-state index < -0.39 is 5.82 Å². The molecule has 4 N–H and O–H groups in total. The van der Waals surface area contributed by atoms with Crippen LogP contribution in [0, 0.1) is 5.82 Å². The zero-order valence-corrected chi connectivity index (χ0v) is 19.3. The Morgan fingerprint density at radius 1 is 1.15 bits per heavy atom. The first-order valence-corrected chi connectivity index (χ1v) is 11.8. The lowest BCUT2D eigenvalue weighted by Gasteiger charge is -2.30. The van der Waals surface area contributed by atoms with Crippen LogP contribution in [0.4, 0.5) is 16.0 Å². The molecule has 2 aromatic carbocycles. The zero-order chi connectivity index (χ0) is 23.7. The lowest BCUT2D eigenvalue weighted by atomic mass is 9.91. The minimum absolute atomic E-state index is 0.0256. The Kier molecular flexibility index (Phi) is 6.20. The second-order valence-electron chi connectivity index (χ2n) is 8.78. The van der Waals surface area contributed by atoms with Crippen molar-refractivity contribution in [3.8, 4) is 0 Å². The summed E-state index contributed by atoms with van der Waals surface area (Å²) in [5.41, 5.74) is 9.94. The van der Waals surface area contributed by atoms with Crippen LogP contribution in [0.2, 0.25) is 5.02 Å². The summed E-state index contributed by atoms with van der Waals surface area (Å²) in [5, 5.41) is 6.95. The summed E-state index contributed by atoms with van der Waals surface area (Å²) in [6.45, 7) is 0. The third-order valence-corrected chi connectivity index (χ3v) is 6.71. The first-order valence-electron chi connectivity index (χ1n) is 11.4. The van der Waals surface area contributed by atoms with Gasteiger partial charge in [-0.05, 0) is 61.4 Å². The Morgan fingerprint density at radius 3 is 2.82 bits per heavy atom. The average Bonchev–Trinajstić information content (AvgIpc) is 3.26. The Morgan fingerprint density at radius 2 is 1.97 bits per heavy atom. The Labute approximate surface area is 202 Å². The maximum Gasteiger partial charge on any atom is 0.251 e. The SMILES string of the molecule is Nc1ccc(C(=O)N[C@H]2CCC[C@@H](Nc3ncc(Cl)c(C4=CCc5ccccc54)n3)C2)cc1F. The van der Waals surface area contributed by atoms with Gasteiger partial charge in [-0.1, -0.05) is 41.9 Å². The fraction of sp³-hybridized carbons (Fsp3) is 0.269. The number of nitrogens with zero attached hydrogens (tertiary/aromatic N) is 2. The number of nitrogens with one attached hydrogen (secondary N) is 2. The van der Waals surface area contributed by atoms with Gasteiger partial charge in [0.05, 0.1) is 22.6 Å². The third-order valence-electron chi connectivity index (χ3n) is 6.44. The number of rotatable bonds is 5. The number of benzene rings is 2. The second kappa shape index (κ2) is 9.43. The fourth-order valence-corrected chi connectivity index (χ4v) is 4.90. The molecule has 6 nitrogen and oxygen atoms in total. The summed E-state index contributed by atoms with van der Waals surface area (Å²) in [7, 11) is 0. The van der Waals surface area contributed by atoms with Crippen molar-refractivity contribution in [2.24, 2.45) is 0 Å². The van der Waals surface area contributed by atoms with Crippen molar-refractivity contribution in [2.75, 3.05) is 11.1 Å². The van der Waals surface area contributed by atoms with Gasteiger partial charge in [0.15, 0.2) is 0 Å². The number of aromatic nitrogens is 2. The number of hydrogen-bond acceptors (Lipinski definition) is 5. The van der Waals surface area contributed by atoms with Crippen molar-refractivity contribution in [3.63, 3.8) is 0 Å². The predicted molar refractivity (Wildman–Crippen MR) is 132 cm³/mol. The van der Waals surface area contributed by atoms with Crippen LogP contribution in [0.25, 0.3) is 5.57 Å². The molecule has 2 aliphatic carbocycles. The summed E-state index contributed by atoms with van der Waals surface area (Å²) < 4.78 is 13.7. The largest absolute Gasteiger partial charge is 0.396 e. The molecule has 1 amide bonds. The van der Waals surface area contributed by atoms with E-state index in [1.54, 1.807) is 6.20 Å². The van der Waals surface area contributed by atoms with Gasteiger partial charge >= 0.3 is 0 Å². The van der Waals surface area contributed by atoms with Crippen LogP contribution in [0.15, 0.2) is 54.7 Å². The van der Waals surface area contributed by atoms with Crippen LogP contribution in [0.5, 0.6) is 0 Å². The van der Waals surface area contributed by atoms with E-state index in [0.717, 1.165) is 48.9 Å². The summed E-state index contributed by atoms with van der Waals surface area (Å²) >= 11 is 6.47. The molecule has 0 unspecified atom stereocenters. The zero-order valence-electron chi connectivity index (χ0n) is 18.5. The lowest BCUT2D eigenvalue weighted by Crippen LogP contribution is -2.42. The number of nitrogens with two attached hydrogens (primary N) is 1. The van der Waals surface area contributed by atoms with Gasteiger partial charge in [0.1, 0.15) is 5.82 Å². The normalized spacial score (nSPS) is 19.3. The summed E-state index contributed by atoms with van der Waals surface area (Å²) in [6, 6.07) is 12.4. The standard InChI is InChI=1S/C26H25ClFN5O/c27-21-14-30-26(33-24(21)20-10-8-15-4-1-2-7-19(15)20)32-18-6-3-5-17(13-18)31-25(34)16-9-11-23(29)22(28)12-16/h1-2,4,7,9-12,14,17-18H,3,5-6,8,13,29H2,(H,31,34)(H,30,32,33)/t17-,18+/m0/s1. The van der Waals surface area contributed by atoms with E-state index >= 15 is 0 Å². The predicted octanol–water partition coefficient (Wildman–Crippen LogP) is 4.99. The number of halogens is 2. The van der Waals surface area contributed by atoms with E-state index in [0.29, 0.717) is 11.0 Å². The van der Waals surface area contributed by atoms with Crippen molar-refractivity contribution in [3.05, 3.63) is 88.0 Å². The summed E-state index contributed by atoms with van der Waals surface area (Å²) in [4.78, 5) is 21.7. The maximum atomic E-state index is 13.7. The molecule has 0 bridgehead atoms. The molecule has 5 rings (SSSR count). The van der Waals surface area contributed by atoms with Crippen LogP contribution < -0.4 is 16.4 Å². The van der Waals surface area contributed by atoms with E-state index in [1.807, 2.05) is 12.1 Å². The highest BCUT2D eigenvalue weighted by Gasteiger charge is 2.25. The number of carbonyl (C=O) groups is 1.